The predicted molar refractivity (Wildman–Crippen MR) is 94.9 cm³/mol. The summed E-state index contributed by atoms with van der Waals surface area (Å²) in [5, 5.41) is 1.19. The number of pyridine rings is 1. The van der Waals surface area contributed by atoms with Gasteiger partial charge in [0, 0.05) is 5.39 Å². The Hall–Kier alpha value is -1.65. The maximum absolute atomic E-state index is 6.16. The molecule has 1 heterocycles. The van der Waals surface area contributed by atoms with Crippen molar-refractivity contribution in [3.63, 3.8) is 0 Å². The number of fused-ring (bicyclic) bond motifs is 1. The quantitative estimate of drug-likeness (QED) is 0.653. The number of benzene rings is 1. The minimum atomic E-state index is 0.636. The van der Waals surface area contributed by atoms with E-state index in [0.29, 0.717) is 18.9 Å². The highest BCUT2D eigenvalue weighted by Gasteiger charge is 2.09. The fourth-order valence-electron chi connectivity index (χ4n) is 2.91. The molecule has 0 radical (unpaired) electrons. The third-order valence-corrected chi connectivity index (χ3v) is 4.09. The van der Waals surface area contributed by atoms with Crippen LogP contribution in [0.15, 0.2) is 18.2 Å². The number of aromatic nitrogens is 1. The number of hydrogen-bond acceptors (Lipinski definition) is 4. The first-order chi connectivity index (χ1) is 10.7. The molecule has 2 aromatic rings. The van der Waals surface area contributed by atoms with Crippen molar-refractivity contribution in [2.75, 3.05) is 18.8 Å². The average Bonchev–Trinajstić information content (AvgIpc) is 2.49. The molecule has 4 nitrogen and oxygen atoms in total. The van der Waals surface area contributed by atoms with Crippen molar-refractivity contribution in [3.8, 4) is 0 Å². The number of nitrogens with zero attached hydrogens (tertiary/aromatic N) is 1. The zero-order chi connectivity index (χ0) is 15.9. The summed E-state index contributed by atoms with van der Waals surface area (Å²) in [6.07, 6.45) is 6.30. The maximum Gasteiger partial charge on any atom is 0.127 e. The van der Waals surface area contributed by atoms with Crippen LogP contribution in [-0.2, 0) is 19.3 Å². The van der Waals surface area contributed by atoms with Crippen LogP contribution >= 0.6 is 0 Å². The molecule has 1 aromatic carbocycles. The van der Waals surface area contributed by atoms with E-state index in [0.717, 1.165) is 36.8 Å². The van der Waals surface area contributed by atoms with E-state index < -0.39 is 0 Å². The predicted octanol–water partition coefficient (Wildman–Crippen LogP) is 2.55. The Morgan fingerprint density at radius 3 is 2.36 bits per heavy atom. The van der Waals surface area contributed by atoms with Crippen LogP contribution in [0.5, 0.6) is 0 Å². The summed E-state index contributed by atoms with van der Waals surface area (Å²) in [4.78, 5) is 4.64. The van der Waals surface area contributed by atoms with E-state index in [9.17, 15) is 0 Å². The summed E-state index contributed by atoms with van der Waals surface area (Å²) in [5.74, 6) is 0.659. The van der Waals surface area contributed by atoms with Crippen molar-refractivity contribution < 1.29 is 0 Å². The summed E-state index contributed by atoms with van der Waals surface area (Å²) >= 11 is 0. The Labute approximate surface area is 133 Å². The molecule has 0 bridgehead atoms. The van der Waals surface area contributed by atoms with E-state index >= 15 is 0 Å². The van der Waals surface area contributed by atoms with Crippen LogP contribution < -0.4 is 17.2 Å². The van der Waals surface area contributed by atoms with E-state index in [1.807, 2.05) is 0 Å². The number of hydrogen-bond donors (Lipinski definition) is 3. The zero-order valence-electron chi connectivity index (χ0n) is 13.6. The number of aryl methyl sites for hydroxylation is 1. The van der Waals surface area contributed by atoms with Gasteiger partial charge in [0.25, 0.3) is 0 Å². The lowest BCUT2D eigenvalue weighted by Gasteiger charge is -2.12. The summed E-state index contributed by atoms with van der Waals surface area (Å²) in [6.45, 7) is 3.48. The lowest BCUT2D eigenvalue weighted by atomic mass is 9.97. The third-order valence-electron chi connectivity index (χ3n) is 4.09. The molecule has 2 rings (SSSR count). The van der Waals surface area contributed by atoms with Crippen LogP contribution in [0.2, 0.25) is 0 Å². The maximum atomic E-state index is 6.16. The van der Waals surface area contributed by atoms with E-state index in [1.54, 1.807) is 0 Å². The fourth-order valence-corrected chi connectivity index (χ4v) is 2.91. The second-order valence-corrected chi connectivity index (χ2v) is 5.89. The normalized spacial score (nSPS) is 11.2. The van der Waals surface area contributed by atoms with Gasteiger partial charge >= 0.3 is 0 Å². The van der Waals surface area contributed by atoms with Crippen molar-refractivity contribution in [2.45, 2.75) is 45.4 Å². The van der Waals surface area contributed by atoms with E-state index in [4.69, 9.17) is 17.2 Å². The standard InChI is InChI=1S/C18H28N4/c1-2-3-4-5-15-12-16-14(7-9-20)10-13(6-8-19)11-17(16)22-18(15)21/h10-12H,2-9,19-20H2,1H3,(H2,21,22). The Morgan fingerprint density at radius 2 is 1.68 bits per heavy atom. The number of anilines is 1. The van der Waals surface area contributed by atoms with Crippen LogP contribution in [0.4, 0.5) is 5.82 Å². The largest absolute Gasteiger partial charge is 0.383 e. The van der Waals surface area contributed by atoms with Gasteiger partial charge < -0.3 is 17.2 Å². The number of unbranched alkanes of at least 4 members (excludes halogenated alkanes) is 2. The summed E-state index contributed by atoms with van der Waals surface area (Å²) in [6, 6.07) is 6.54. The van der Waals surface area contributed by atoms with Gasteiger partial charge in [-0.2, -0.15) is 0 Å². The molecule has 0 unspecified atom stereocenters. The zero-order valence-corrected chi connectivity index (χ0v) is 13.6. The Bertz CT molecular complexity index is 622. The molecule has 4 heteroatoms. The number of nitrogens with two attached hydrogens (primary N) is 3. The van der Waals surface area contributed by atoms with Gasteiger partial charge in [-0.15, -0.1) is 0 Å². The molecular weight excluding hydrogens is 272 g/mol. The van der Waals surface area contributed by atoms with Gasteiger partial charge in [-0.05, 0) is 67.6 Å². The monoisotopic (exact) mass is 300 g/mol. The van der Waals surface area contributed by atoms with Gasteiger partial charge in [0.15, 0.2) is 0 Å². The van der Waals surface area contributed by atoms with E-state index in [1.165, 1.54) is 29.4 Å². The average molecular weight is 300 g/mol. The highest BCUT2D eigenvalue weighted by molar-refractivity contribution is 5.85. The molecule has 0 fully saturated rings. The molecule has 0 aliphatic carbocycles. The van der Waals surface area contributed by atoms with Crippen LogP contribution in [-0.4, -0.2) is 18.1 Å². The van der Waals surface area contributed by atoms with Gasteiger partial charge in [-0.3, -0.25) is 0 Å². The topological polar surface area (TPSA) is 91.0 Å². The van der Waals surface area contributed by atoms with Crippen molar-refractivity contribution in [3.05, 3.63) is 34.9 Å². The first-order valence-electron chi connectivity index (χ1n) is 8.30. The Kier molecular flexibility index (Phi) is 6.16. The minimum absolute atomic E-state index is 0.636. The Morgan fingerprint density at radius 1 is 0.909 bits per heavy atom. The Balaban J connectivity index is 2.44. The lowest BCUT2D eigenvalue weighted by molar-refractivity contribution is 0.717. The van der Waals surface area contributed by atoms with Crippen molar-refractivity contribution in [1.82, 2.24) is 4.98 Å². The number of rotatable bonds is 8. The molecule has 0 atom stereocenters. The smallest absolute Gasteiger partial charge is 0.127 e. The van der Waals surface area contributed by atoms with E-state index in [2.05, 4.69) is 30.1 Å². The van der Waals surface area contributed by atoms with Crippen LogP contribution in [0.1, 0.15) is 42.9 Å². The second-order valence-electron chi connectivity index (χ2n) is 5.89. The van der Waals surface area contributed by atoms with Gasteiger partial charge in [0.1, 0.15) is 5.82 Å². The molecule has 0 aliphatic heterocycles. The van der Waals surface area contributed by atoms with Crippen molar-refractivity contribution in [1.29, 1.82) is 0 Å². The molecule has 120 valence electrons. The van der Waals surface area contributed by atoms with Gasteiger partial charge in [-0.25, -0.2) is 4.98 Å². The SMILES string of the molecule is CCCCCc1cc2c(CCN)cc(CCN)cc2nc1N. The first-order valence-corrected chi connectivity index (χ1v) is 8.30. The number of nitrogen functional groups attached to an aromatic ring is 1. The summed E-state index contributed by atoms with van der Waals surface area (Å²) < 4.78 is 0. The van der Waals surface area contributed by atoms with Crippen LogP contribution in [0, 0.1) is 0 Å². The van der Waals surface area contributed by atoms with Gasteiger partial charge in [0.2, 0.25) is 0 Å². The molecule has 6 N–H and O–H groups in total. The third kappa shape index (κ3) is 3.96. The molecule has 0 spiro atoms. The highest BCUT2D eigenvalue weighted by atomic mass is 14.8. The molecule has 1 aromatic heterocycles. The molecule has 0 amide bonds. The first kappa shape index (κ1) is 16.7. The molecule has 0 saturated carbocycles. The molecule has 22 heavy (non-hydrogen) atoms. The molecule has 0 aliphatic rings. The highest BCUT2D eigenvalue weighted by Crippen LogP contribution is 2.25. The second kappa shape index (κ2) is 8.11. The van der Waals surface area contributed by atoms with Crippen LogP contribution in [0.25, 0.3) is 10.9 Å². The summed E-state index contributed by atoms with van der Waals surface area (Å²) in [7, 11) is 0. The van der Waals surface area contributed by atoms with Crippen molar-refractivity contribution >= 4 is 16.7 Å². The van der Waals surface area contributed by atoms with Gasteiger partial charge in [-0.1, -0.05) is 25.8 Å². The van der Waals surface area contributed by atoms with Crippen molar-refractivity contribution in [2.24, 2.45) is 11.5 Å². The molecule has 0 saturated heterocycles. The fraction of sp³-hybridized carbons (Fsp3) is 0.500. The van der Waals surface area contributed by atoms with E-state index in [-0.39, 0.29) is 0 Å². The van der Waals surface area contributed by atoms with Gasteiger partial charge in [0.05, 0.1) is 5.52 Å². The minimum Gasteiger partial charge on any atom is -0.383 e. The molecular formula is C18H28N4. The summed E-state index contributed by atoms with van der Waals surface area (Å²) in [5.41, 5.74) is 22.2. The van der Waals surface area contributed by atoms with Crippen LogP contribution in [0.3, 0.4) is 0 Å². The lowest BCUT2D eigenvalue weighted by Crippen LogP contribution is -2.08.